The lowest BCUT2D eigenvalue weighted by molar-refractivity contribution is -0.119. The molecule has 8 nitrogen and oxygen atoms in total. The number of hydrogen-bond acceptors (Lipinski definition) is 6. The van der Waals surface area contributed by atoms with Crippen molar-refractivity contribution in [2.24, 2.45) is 11.7 Å². The highest BCUT2D eigenvalue weighted by atomic mass is 32.2. The molecule has 0 spiro atoms. The van der Waals surface area contributed by atoms with Gasteiger partial charge in [0.05, 0.1) is 18.6 Å². The highest BCUT2D eigenvalue weighted by molar-refractivity contribution is 7.99. The van der Waals surface area contributed by atoms with Crippen molar-refractivity contribution in [1.29, 1.82) is 0 Å². The maximum absolute atomic E-state index is 12.1. The molecule has 2 amide bonds. The summed E-state index contributed by atoms with van der Waals surface area (Å²) in [5.41, 5.74) is 5.23. The van der Waals surface area contributed by atoms with Crippen molar-refractivity contribution in [2.75, 3.05) is 5.75 Å². The van der Waals surface area contributed by atoms with Gasteiger partial charge in [-0.1, -0.05) is 25.6 Å². The molecule has 26 heavy (non-hydrogen) atoms. The minimum Gasteiger partial charge on any atom is -0.467 e. The lowest BCUT2D eigenvalue weighted by atomic mass is 10.1. The lowest BCUT2D eigenvalue weighted by Crippen LogP contribution is -2.37. The number of primary amides is 1. The van der Waals surface area contributed by atoms with Gasteiger partial charge in [0.1, 0.15) is 11.6 Å². The maximum Gasteiger partial charge on any atom is 0.230 e. The van der Waals surface area contributed by atoms with E-state index in [4.69, 9.17) is 10.2 Å². The first-order valence-corrected chi connectivity index (χ1v) is 9.50. The Morgan fingerprint density at radius 1 is 1.35 bits per heavy atom. The molecular weight excluding hydrogens is 354 g/mol. The molecule has 0 fully saturated rings. The van der Waals surface area contributed by atoms with Crippen molar-refractivity contribution >= 4 is 23.6 Å². The van der Waals surface area contributed by atoms with Crippen molar-refractivity contribution in [3.05, 3.63) is 30.0 Å². The number of nitrogens with two attached hydrogens (primary N) is 1. The fraction of sp³-hybridized carbons (Fsp3) is 0.529. The molecule has 0 aliphatic heterocycles. The second kappa shape index (κ2) is 9.42. The zero-order chi connectivity index (χ0) is 19.1. The molecule has 2 aromatic rings. The Morgan fingerprint density at radius 2 is 2.12 bits per heavy atom. The molecule has 1 atom stereocenters. The summed E-state index contributed by atoms with van der Waals surface area (Å²) in [5.74, 6) is 1.54. The summed E-state index contributed by atoms with van der Waals surface area (Å²) >= 11 is 1.31. The number of thioether (sulfide) groups is 1. The van der Waals surface area contributed by atoms with Crippen molar-refractivity contribution in [3.8, 4) is 0 Å². The number of carbonyl (C=O) groups excluding carboxylic acids is 2. The SMILES string of the molecule is CC(C)C(C)NC(=O)CSc1nnc(CCC(N)=O)n1Cc1ccco1. The number of furan rings is 1. The minimum atomic E-state index is -0.395. The second-order valence-electron chi connectivity index (χ2n) is 6.42. The molecule has 2 aromatic heterocycles. The van der Waals surface area contributed by atoms with Gasteiger partial charge in [0, 0.05) is 18.9 Å². The zero-order valence-corrected chi connectivity index (χ0v) is 16.1. The Hall–Kier alpha value is -2.29. The van der Waals surface area contributed by atoms with Gasteiger partial charge in [0.2, 0.25) is 11.8 Å². The van der Waals surface area contributed by atoms with Crippen molar-refractivity contribution < 1.29 is 14.0 Å². The first-order valence-electron chi connectivity index (χ1n) is 8.51. The summed E-state index contributed by atoms with van der Waals surface area (Å²) < 4.78 is 7.24. The van der Waals surface area contributed by atoms with E-state index in [-0.39, 0.29) is 24.1 Å². The standard InChI is InChI=1S/C17H25N5O3S/c1-11(2)12(3)19-16(24)10-26-17-21-20-15(7-6-14(18)23)22(17)9-13-5-4-8-25-13/h4-5,8,11-12H,6-7,9-10H2,1-3H3,(H2,18,23)(H,19,24). The van der Waals surface area contributed by atoms with Gasteiger partial charge in [-0.05, 0) is 25.0 Å². The van der Waals surface area contributed by atoms with Crippen molar-refractivity contribution in [2.45, 2.75) is 51.4 Å². The fourth-order valence-corrected chi connectivity index (χ4v) is 2.92. The van der Waals surface area contributed by atoms with Crippen LogP contribution in [0.3, 0.4) is 0 Å². The number of aryl methyl sites for hydroxylation is 1. The Balaban J connectivity index is 2.06. The smallest absolute Gasteiger partial charge is 0.230 e. The molecule has 0 bridgehead atoms. The number of carbonyl (C=O) groups is 2. The minimum absolute atomic E-state index is 0.0533. The number of nitrogens with zero attached hydrogens (tertiary/aromatic N) is 3. The van der Waals surface area contributed by atoms with Gasteiger partial charge in [-0.15, -0.1) is 10.2 Å². The third kappa shape index (κ3) is 5.91. The molecule has 0 aromatic carbocycles. The average Bonchev–Trinajstić information content (AvgIpc) is 3.21. The first-order chi connectivity index (χ1) is 12.4. The third-order valence-corrected chi connectivity index (χ3v) is 4.97. The molecule has 0 saturated carbocycles. The molecule has 2 heterocycles. The van der Waals surface area contributed by atoms with Gasteiger partial charge in [0.25, 0.3) is 0 Å². The van der Waals surface area contributed by atoms with E-state index >= 15 is 0 Å². The molecule has 0 radical (unpaired) electrons. The van der Waals surface area contributed by atoms with Crippen LogP contribution in [-0.4, -0.2) is 38.4 Å². The predicted molar refractivity (Wildman–Crippen MR) is 98.5 cm³/mol. The summed E-state index contributed by atoms with van der Waals surface area (Å²) in [6, 6.07) is 3.76. The van der Waals surface area contributed by atoms with Gasteiger partial charge in [0.15, 0.2) is 5.16 Å². The van der Waals surface area contributed by atoms with Crippen LogP contribution in [0.25, 0.3) is 0 Å². The van der Waals surface area contributed by atoms with E-state index in [0.29, 0.717) is 29.9 Å². The fourth-order valence-electron chi connectivity index (χ4n) is 2.16. The molecule has 142 valence electrons. The normalized spacial score (nSPS) is 12.3. The largest absolute Gasteiger partial charge is 0.467 e. The summed E-state index contributed by atoms with van der Waals surface area (Å²) in [6.45, 7) is 6.53. The molecule has 0 saturated heterocycles. The predicted octanol–water partition coefficient (Wildman–Crippen LogP) is 1.59. The summed E-state index contributed by atoms with van der Waals surface area (Å²) in [6.07, 6.45) is 2.17. The van der Waals surface area contributed by atoms with E-state index in [2.05, 4.69) is 29.4 Å². The van der Waals surface area contributed by atoms with Crippen LogP contribution in [0.4, 0.5) is 0 Å². The summed E-state index contributed by atoms with van der Waals surface area (Å²) in [7, 11) is 0. The third-order valence-electron chi connectivity index (χ3n) is 4.00. The van der Waals surface area contributed by atoms with Gasteiger partial charge in [-0.3, -0.25) is 14.2 Å². The van der Waals surface area contributed by atoms with Crippen LogP contribution >= 0.6 is 11.8 Å². The summed E-state index contributed by atoms with van der Waals surface area (Å²) in [5, 5.41) is 11.9. The van der Waals surface area contributed by atoms with Crippen LogP contribution in [0, 0.1) is 5.92 Å². The Bertz CT molecular complexity index is 727. The molecule has 0 aliphatic rings. The molecule has 2 rings (SSSR count). The number of amides is 2. The highest BCUT2D eigenvalue weighted by Crippen LogP contribution is 2.20. The van der Waals surface area contributed by atoms with Gasteiger partial charge >= 0.3 is 0 Å². The molecule has 3 N–H and O–H groups in total. The number of nitrogens with one attached hydrogen (secondary N) is 1. The van der Waals surface area contributed by atoms with E-state index < -0.39 is 5.91 Å². The van der Waals surface area contributed by atoms with Crippen LogP contribution in [0.15, 0.2) is 28.0 Å². The molecule has 1 unspecified atom stereocenters. The second-order valence-corrected chi connectivity index (χ2v) is 7.36. The van der Waals surface area contributed by atoms with Crippen molar-refractivity contribution in [1.82, 2.24) is 20.1 Å². The van der Waals surface area contributed by atoms with Crippen LogP contribution in [0.2, 0.25) is 0 Å². The monoisotopic (exact) mass is 379 g/mol. The maximum atomic E-state index is 12.1. The van der Waals surface area contributed by atoms with E-state index in [0.717, 1.165) is 5.76 Å². The van der Waals surface area contributed by atoms with E-state index in [1.165, 1.54) is 11.8 Å². The Morgan fingerprint density at radius 3 is 2.73 bits per heavy atom. The number of aromatic nitrogens is 3. The van der Waals surface area contributed by atoms with Crippen LogP contribution in [-0.2, 0) is 22.6 Å². The first kappa shape index (κ1) is 20.0. The number of rotatable bonds is 10. The Kier molecular flexibility index (Phi) is 7.26. The molecule has 0 aliphatic carbocycles. The molecular formula is C17H25N5O3S. The quantitative estimate of drug-likeness (QED) is 0.606. The van der Waals surface area contributed by atoms with Gasteiger partial charge in [-0.25, -0.2) is 0 Å². The summed E-state index contributed by atoms with van der Waals surface area (Å²) in [4.78, 5) is 23.2. The molecule has 9 heteroatoms. The average molecular weight is 379 g/mol. The van der Waals surface area contributed by atoms with Gasteiger partial charge in [-0.2, -0.15) is 0 Å². The van der Waals surface area contributed by atoms with Crippen molar-refractivity contribution in [3.63, 3.8) is 0 Å². The lowest BCUT2D eigenvalue weighted by Gasteiger charge is -2.17. The van der Waals surface area contributed by atoms with Gasteiger partial charge < -0.3 is 15.5 Å². The number of hydrogen-bond donors (Lipinski definition) is 2. The van der Waals surface area contributed by atoms with Crippen LogP contribution in [0.1, 0.15) is 38.8 Å². The van der Waals surface area contributed by atoms with Crippen LogP contribution < -0.4 is 11.1 Å². The zero-order valence-electron chi connectivity index (χ0n) is 15.3. The Labute approximate surface area is 156 Å². The van der Waals surface area contributed by atoms with E-state index in [1.807, 2.05) is 17.6 Å². The highest BCUT2D eigenvalue weighted by Gasteiger charge is 2.17. The van der Waals surface area contributed by atoms with E-state index in [1.54, 1.807) is 12.3 Å². The van der Waals surface area contributed by atoms with E-state index in [9.17, 15) is 9.59 Å². The van der Waals surface area contributed by atoms with Crippen LogP contribution in [0.5, 0.6) is 0 Å². The topological polar surface area (TPSA) is 116 Å².